The molecule has 1 aromatic heterocycles. The predicted molar refractivity (Wildman–Crippen MR) is 122 cm³/mol. The number of β-lactam (4-membered cyclic amide) rings is 1. The van der Waals surface area contributed by atoms with Crippen LogP contribution in [0.15, 0.2) is 45.9 Å². The zero-order chi connectivity index (χ0) is 23.5. The first kappa shape index (κ1) is 23.3. The van der Waals surface area contributed by atoms with Crippen molar-refractivity contribution < 1.29 is 29.0 Å². The maximum absolute atomic E-state index is 12.6. The summed E-state index contributed by atoms with van der Waals surface area (Å²) in [5.41, 5.74) is 1.10. The van der Waals surface area contributed by atoms with Gasteiger partial charge in [0.2, 0.25) is 5.91 Å². The Morgan fingerprint density at radius 2 is 2.03 bits per heavy atom. The number of benzene rings is 1. The number of nitrogens with one attached hydrogen (secondary N) is 1. The van der Waals surface area contributed by atoms with E-state index in [4.69, 9.17) is 4.74 Å². The van der Waals surface area contributed by atoms with Gasteiger partial charge in [-0.05, 0) is 0 Å². The fraction of sp³-hybridized carbons (Fsp3) is 0.300. The lowest BCUT2D eigenvalue weighted by molar-refractivity contribution is -0.150. The SMILES string of the molecule is CC(=O)OCC1=C(C(=O)O)N2C(=O)[C@@H](NC(=O)CSc3nnc(-c4ccccc4)s3)[C@H]2SC1. The van der Waals surface area contributed by atoms with Crippen LogP contribution in [0.4, 0.5) is 0 Å². The Bertz CT molecular complexity index is 1140. The van der Waals surface area contributed by atoms with Gasteiger partial charge in [-0.1, -0.05) is 53.4 Å². The summed E-state index contributed by atoms with van der Waals surface area (Å²) in [7, 11) is 0. The van der Waals surface area contributed by atoms with Crippen LogP contribution in [0.25, 0.3) is 10.6 Å². The highest BCUT2D eigenvalue weighted by Crippen LogP contribution is 2.40. The van der Waals surface area contributed by atoms with Crippen molar-refractivity contribution in [1.82, 2.24) is 20.4 Å². The number of carbonyl (C=O) groups excluding carboxylic acids is 3. The number of rotatable bonds is 8. The summed E-state index contributed by atoms with van der Waals surface area (Å²) < 4.78 is 5.53. The molecule has 33 heavy (non-hydrogen) atoms. The van der Waals surface area contributed by atoms with Crippen molar-refractivity contribution in [2.75, 3.05) is 18.1 Å². The van der Waals surface area contributed by atoms with Gasteiger partial charge in [-0.2, -0.15) is 0 Å². The van der Waals surface area contributed by atoms with E-state index in [1.807, 2.05) is 30.3 Å². The monoisotopic (exact) mass is 506 g/mol. The van der Waals surface area contributed by atoms with Gasteiger partial charge in [0, 0.05) is 23.8 Å². The third-order valence-corrected chi connectivity index (χ3v) is 8.22. The molecule has 1 aromatic carbocycles. The van der Waals surface area contributed by atoms with Gasteiger partial charge in [0.05, 0.1) is 5.75 Å². The Labute approximate surface area is 200 Å². The van der Waals surface area contributed by atoms with E-state index in [9.17, 15) is 24.3 Å². The maximum atomic E-state index is 12.6. The fourth-order valence-corrected chi connectivity index (χ4v) is 6.29. The lowest BCUT2D eigenvalue weighted by atomic mass is 10.0. The molecule has 0 radical (unpaired) electrons. The topological polar surface area (TPSA) is 139 Å². The van der Waals surface area contributed by atoms with Crippen LogP contribution in [0.3, 0.4) is 0 Å². The second-order valence-corrected chi connectivity index (χ2v) is 10.3. The molecule has 3 heterocycles. The number of aromatic nitrogens is 2. The second kappa shape index (κ2) is 9.93. The molecule has 2 aromatic rings. The van der Waals surface area contributed by atoms with Gasteiger partial charge in [-0.3, -0.25) is 19.3 Å². The lowest BCUT2D eigenvalue weighted by Crippen LogP contribution is -2.70. The highest BCUT2D eigenvalue weighted by atomic mass is 32.2. The third kappa shape index (κ3) is 5.04. The summed E-state index contributed by atoms with van der Waals surface area (Å²) in [5, 5.41) is 20.7. The van der Waals surface area contributed by atoms with E-state index in [0.29, 0.717) is 9.91 Å². The minimum Gasteiger partial charge on any atom is -0.477 e. The minimum atomic E-state index is -1.28. The van der Waals surface area contributed by atoms with Crippen molar-refractivity contribution >= 4 is 58.6 Å². The minimum absolute atomic E-state index is 0.0456. The molecule has 2 amide bonds. The molecule has 0 aliphatic carbocycles. The van der Waals surface area contributed by atoms with E-state index in [1.165, 1.54) is 41.8 Å². The van der Waals surface area contributed by atoms with Gasteiger partial charge in [0.1, 0.15) is 28.7 Å². The molecule has 2 aliphatic heterocycles. The molecule has 4 rings (SSSR count). The van der Waals surface area contributed by atoms with Crippen molar-refractivity contribution in [3.63, 3.8) is 0 Å². The second-order valence-electron chi connectivity index (χ2n) is 7.02. The number of hydrogen-bond donors (Lipinski definition) is 2. The summed E-state index contributed by atoms with van der Waals surface area (Å²) in [4.78, 5) is 49.0. The van der Waals surface area contributed by atoms with Crippen LogP contribution in [0, 0.1) is 0 Å². The highest BCUT2D eigenvalue weighted by Gasteiger charge is 2.54. The number of aliphatic carboxylic acids is 1. The van der Waals surface area contributed by atoms with Gasteiger partial charge in [-0.15, -0.1) is 22.0 Å². The van der Waals surface area contributed by atoms with Gasteiger partial charge in [-0.25, -0.2) is 4.79 Å². The van der Waals surface area contributed by atoms with Crippen LogP contribution < -0.4 is 5.32 Å². The van der Waals surface area contributed by atoms with Gasteiger partial charge < -0.3 is 15.2 Å². The molecule has 172 valence electrons. The van der Waals surface area contributed by atoms with Crippen molar-refractivity contribution in [2.45, 2.75) is 22.7 Å². The van der Waals surface area contributed by atoms with E-state index in [-0.39, 0.29) is 29.7 Å². The quantitative estimate of drug-likeness (QED) is 0.308. The van der Waals surface area contributed by atoms with Crippen molar-refractivity contribution in [3.8, 4) is 10.6 Å². The summed E-state index contributed by atoms with van der Waals surface area (Å²) in [6, 6.07) is 8.76. The summed E-state index contributed by atoms with van der Waals surface area (Å²) in [6.45, 7) is 1.03. The van der Waals surface area contributed by atoms with E-state index in [2.05, 4.69) is 15.5 Å². The largest absolute Gasteiger partial charge is 0.477 e. The molecule has 0 unspecified atom stereocenters. The fourth-order valence-electron chi connectivity index (χ4n) is 3.29. The average molecular weight is 507 g/mol. The number of carbonyl (C=O) groups is 4. The van der Waals surface area contributed by atoms with Crippen molar-refractivity contribution in [1.29, 1.82) is 0 Å². The first-order chi connectivity index (χ1) is 15.8. The number of esters is 1. The van der Waals surface area contributed by atoms with Gasteiger partial charge >= 0.3 is 11.9 Å². The van der Waals surface area contributed by atoms with Crippen LogP contribution >= 0.6 is 34.9 Å². The van der Waals surface area contributed by atoms with Gasteiger partial charge in [0.25, 0.3) is 5.91 Å². The number of nitrogens with zero attached hydrogens (tertiary/aromatic N) is 3. The Balaban J connectivity index is 1.34. The smallest absolute Gasteiger partial charge is 0.352 e. The summed E-state index contributed by atoms with van der Waals surface area (Å²) in [5.74, 6) is -2.36. The standard InChI is InChI=1S/C20H18N4O6S3/c1-10(25)30-7-12-8-31-18-14(17(27)24(18)15(12)19(28)29)21-13(26)9-32-20-23-22-16(33-20)11-5-3-2-4-6-11/h2-6,14,18H,7-9H2,1H3,(H,21,26)(H,28,29)/t14-,18-/m1/s1. The average Bonchev–Trinajstić information content (AvgIpc) is 3.28. The molecular weight excluding hydrogens is 488 g/mol. The number of hydrogen-bond acceptors (Lipinski definition) is 10. The number of fused-ring (bicyclic) bond motifs is 1. The Kier molecular flexibility index (Phi) is 7.00. The molecule has 2 atom stereocenters. The van der Waals surface area contributed by atoms with Gasteiger partial charge in [0.15, 0.2) is 4.34 Å². The zero-order valence-electron chi connectivity index (χ0n) is 17.2. The molecule has 13 heteroatoms. The van der Waals surface area contributed by atoms with E-state index in [1.54, 1.807) is 0 Å². The predicted octanol–water partition coefficient (Wildman–Crippen LogP) is 1.60. The van der Waals surface area contributed by atoms with Crippen LogP contribution in [-0.4, -0.2) is 73.5 Å². The molecule has 2 aliphatic rings. The molecule has 0 spiro atoms. The highest BCUT2D eigenvalue weighted by molar-refractivity contribution is 8.01. The third-order valence-electron chi connectivity index (χ3n) is 4.77. The number of carboxylic acid groups (broad SMARTS) is 1. The van der Waals surface area contributed by atoms with E-state index >= 15 is 0 Å². The summed E-state index contributed by atoms with van der Waals surface area (Å²) >= 11 is 3.90. The van der Waals surface area contributed by atoms with Crippen LogP contribution in [-0.2, 0) is 23.9 Å². The molecule has 0 bridgehead atoms. The van der Waals surface area contributed by atoms with Crippen LogP contribution in [0.2, 0.25) is 0 Å². The molecule has 1 fully saturated rings. The molecular formula is C20H18N4O6S3. The Morgan fingerprint density at radius 1 is 1.27 bits per heavy atom. The van der Waals surface area contributed by atoms with Crippen LogP contribution in [0.5, 0.6) is 0 Å². The number of carboxylic acids is 1. The molecule has 0 saturated carbocycles. The van der Waals surface area contributed by atoms with Crippen molar-refractivity contribution in [2.24, 2.45) is 0 Å². The lowest BCUT2D eigenvalue weighted by Gasteiger charge is -2.49. The molecule has 1 saturated heterocycles. The maximum Gasteiger partial charge on any atom is 0.352 e. The van der Waals surface area contributed by atoms with Crippen LogP contribution in [0.1, 0.15) is 6.92 Å². The molecule has 2 N–H and O–H groups in total. The van der Waals surface area contributed by atoms with E-state index in [0.717, 1.165) is 15.5 Å². The first-order valence-electron chi connectivity index (χ1n) is 9.69. The number of thioether (sulfide) groups is 2. The first-order valence-corrected chi connectivity index (χ1v) is 12.5. The Morgan fingerprint density at radius 3 is 2.73 bits per heavy atom. The number of amides is 2. The Hall–Kier alpha value is -2.90. The normalized spacial score (nSPS) is 19.5. The van der Waals surface area contributed by atoms with Crippen molar-refractivity contribution in [3.05, 3.63) is 41.6 Å². The van der Waals surface area contributed by atoms with E-state index < -0.39 is 29.3 Å². The summed E-state index contributed by atoms with van der Waals surface area (Å²) in [6.07, 6.45) is 0. The zero-order valence-corrected chi connectivity index (χ0v) is 19.7. The number of ether oxygens (including phenoxy) is 1. The molecule has 10 nitrogen and oxygen atoms in total.